The molecule has 2 heteroatoms. The van der Waals surface area contributed by atoms with Gasteiger partial charge in [-0.05, 0) is 73.7 Å². The van der Waals surface area contributed by atoms with Crippen molar-refractivity contribution in [2.75, 3.05) is 0 Å². The monoisotopic (exact) mass is 376 g/mol. The molecule has 1 fully saturated rings. The van der Waals surface area contributed by atoms with Gasteiger partial charge in [-0.15, -0.1) is 0 Å². The summed E-state index contributed by atoms with van der Waals surface area (Å²) in [5.41, 5.74) is 7.78. The van der Waals surface area contributed by atoms with Crippen LogP contribution in [0.4, 0.5) is 0 Å². The Bertz CT molecular complexity index is 1330. The van der Waals surface area contributed by atoms with Crippen LogP contribution < -0.4 is 4.57 Å². The van der Waals surface area contributed by atoms with E-state index in [-0.39, 0.29) is 11.3 Å². The number of aryl methyl sites for hydroxylation is 3. The zero-order chi connectivity index (χ0) is 25.3. The summed E-state index contributed by atoms with van der Waals surface area (Å²) in [4.78, 5) is 4.46. The second-order valence-electron chi connectivity index (χ2n) is 8.04. The number of hydrogen-bond donors (Lipinski definition) is 0. The number of aromatic nitrogens is 2. The highest BCUT2D eigenvalue weighted by atomic mass is 14.9. The third kappa shape index (κ3) is 2.70. The molecule has 3 aromatic rings. The van der Waals surface area contributed by atoms with Gasteiger partial charge in [0.05, 0.1) is 5.69 Å². The van der Waals surface area contributed by atoms with Crippen LogP contribution in [0.25, 0.3) is 22.4 Å². The number of hydrogen-bond acceptors (Lipinski definition) is 1. The van der Waals surface area contributed by atoms with E-state index in [2.05, 4.69) is 4.98 Å². The summed E-state index contributed by atoms with van der Waals surface area (Å²) < 4.78 is 58.3. The van der Waals surface area contributed by atoms with E-state index >= 15 is 0 Å². The first kappa shape index (κ1) is 11.5. The SMILES string of the molecule is [2H]C([2H])([2H])c1ccc2c(n1)Cc1c-2ccc(-c2cc(C3([2H])CCCC3)c(C([2H])([2H])[2H])c[n+]2C)c1C. The summed E-state index contributed by atoms with van der Waals surface area (Å²) in [6.07, 6.45) is 5.43. The summed E-state index contributed by atoms with van der Waals surface area (Å²) >= 11 is 0. The minimum Gasteiger partial charge on any atom is -0.257 e. The second kappa shape index (κ2) is 6.55. The molecule has 0 aliphatic heterocycles. The predicted octanol–water partition coefficient (Wildman–Crippen LogP) is 5.73. The average molecular weight is 377 g/mol. The number of rotatable bonds is 2. The number of fused-ring (bicyclic) bond motifs is 3. The van der Waals surface area contributed by atoms with E-state index in [1.54, 1.807) is 12.3 Å². The van der Waals surface area contributed by atoms with E-state index in [1.807, 2.05) is 42.8 Å². The molecule has 2 aromatic heterocycles. The molecule has 2 aliphatic carbocycles. The van der Waals surface area contributed by atoms with Crippen molar-refractivity contribution in [3.05, 3.63) is 70.2 Å². The van der Waals surface area contributed by atoms with Gasteiger partial charge >= 0.3 is 0 Å². The first-order chi connectivity index (χ1) is 16.3. The van der Waals surface area contributed by atoms with Gasteiger partial charge in [0.15, 0.2) is 6.20 Å². The molecule has 5 rings (SSSR count). The van der Waals surface area contributed by atoms with Gasteiger partial charge in [0.25, 0.3) is 0 Å². The van der Waals surface area contributed by atoms with Gasteiger partial charge in [0.1, 0.15) is 7.05 Å². The zero-order valence-electron chi connectivity index (χ0n) is 23.4. The largest absolute Gasteiger partial charge is 0.257 e. The quantitative estimate of drug-likeness (QED) is 0.408. The lowest BCUT2D eigenvalue weighted by Crippen LogP contribution is -2.32. The molecule has 0 spiro atoms. The number of pyridine rings is 2. The molecule has 0 amide bonds. The van der Waals surface area contributed by atoms with Gasteiger partial charge in [0.2, 0.25) is 5.69 Å². The van der Waals surface area contributed by atoms with Crippen molar-refractivity contribution in [2.45, 2.75) is 58.6 Å². The van der Waals surface area contributed by atoms with E-state index in [1.165, 1.54) is 0 Å². The normalized spacial score (nSPS) is 21.4. The third-order valence-corrected chi connectivity index (χ3v) is 6.34. The van der Waals surface area contributed by atoms with E-state index in [0.29, 0.717) is 24.8 Å². The first-order valence-corrected chi connectivity index (χ1v) is 9.98. The van der Waals surface area contributed by atoms with Gasteiger partial charge < -0.3 is 0 Å². The third-order valence-electron chi connectivity index (χ3n) is 6.34. The van der Waals surface area contributed by atoms with Gasteiger partial charge in [-0.2, -0.15) is 0 Å². The molecule has 2 aliphatic rings. The lowest BCUT2D eigenvalue weighted by molar-refractivity contribution is -0.660. The van der Waals surface area contributed by atoms with Crippen molar-refractivity contribution >= 4 is 0 Å². The summed E-state index contributed by atoms with van der Waals surface area (Å²) in [6.45, 7) is -2.48. The van der Waals surface area contributed by atoms with Crippen LogP contribution in [0.1, 0.15) is 74.8 Å². The smallest absolute Gasteiger partial charge is 0.212 e. The number of nitrogens with zero attached hydrogens (tertiary/aromatic N) is 2. The molecule has 1 aromatic carbocycles. The molecule has 2 heterocycles. The minimum atomic E-state index is -2.29. The summed E-state index contributed by atoms with van der Waals surface area (Å²) in [7, 11) is 1.85. The standard InChI is InChI=1S/C26H29N2/c1-16-15-28(4)26(14-23(16)19-7-5-6-8-19)20-11-12-21-22-10-9-17(2)27-25(22)13-24(21)18(20)3/h9-12,14-15,19H,5-8,13H2,1-4H3/q+1/i1D3,2D3,19D. The minimum absolute atomic E-state index is 0.107. The highest BCUT2D eigenvalue weighted by Crippen LogP contribution is 2.41. The molecule has 28 heavy (non-hydrogen) atoms. The van der Waals surface area contributed by atoms with E-state index < -0.39 is 19.6 Å². The maximum atomic E-state index is 9.09. The van der Waals surface area contributed by atoms with Crippen molar-refractivity contribution in [1.82, 2.24) is 4.98 Å². The molecule has 0 bridgehead atoms. The van der Waals surface area contributed by atoms with E-state index in [9.17, 15) is 0 Å². The highest BCUT2D eigenvalue weighted by molar-refractivity contribution is 5.81. The van der Waals surface area contributed by atoms with Crippen LogP contribution in [0.2, 0.25) is 0 Å². The molecule has 2 nitrogen and oxygen atoms in total. The lowest BCUT2D eigenvalue weighted by atomic mass is 9.90. The van der Waals surface area contributed by atoms with Crippen molar-refractivity contribution in [3.8, 4) is 22.4 Å². The van der Waals surface area contributed by atoms with Crippen molar-refractivity contribution in [3.63, 3.8) is 0 Å². The molecule has 0 atom stereocenters. The summed E-state index contributed by atoms with van der Waals surface area (Å²) in [5.74, 6) is -0.886. The maximum Gasteiger partial charge on any atom is 0.212 e. The van der Waals surface area contributed by atoms with Crippen molar-refractivity contribution in [1.29, 1.82) is 0 Å². The number of benzene rings is 1. The van der Waals surface area contributed by atoms with Crippen LogP contribution >= 0.6 is 0 Å². The Kier molecular flexibility index (Phi) is 2.69. The topological polar surface area (TPSA) is 16.8 Å². The summed E-state index contributed by atoms with van der Waals surface area (Å²) in [6, 6.07) is 9.44. The van der Waals surface area contributed by atoms with Crippen LogP contribution in [0.3, 0.4) is 0 Å². The Morgan fingerprint density at radius 3 is 2.64 bits per heavy atom. The van der Waals surface area contributed by atoms with Crippen LogP contribution in [0, 0.1) is 20.6 Å². The Balaban J connectivity index is 1.64. The Morgan fingerprint density at radius 2 is 1.86 bits per heavy atom. The fraction of sp³-hybridized carbons (Fsp3) is 0.385. The fourth-order valence-electron chi connectivity index (χ4n) is 4.84. The molecule has 142 valence electrons. The Labute approximate surface area is 178 Å². The zero-order valence-corrected chi connectivity index (χ0v) is 16.4. The predicted molar refractivity (Wildman–Crippen MR) is 115 cm³/mol. The maximum absolute atomic E-state index is 9.09. The summed E-state index contributed by atoms with van der Waals surface area (Å²) in [5, 5.41) is 0. The average Bonchev–Trinajstić information content (AvgIpc) is 3.37. The van der Waals surface area contributed by atoms with Crippen LogP contribution in [-0.2, 0) is 13.5 Å². The second-order valence-corrected chi connectivity index (χ2v) is 8.04. The van der Waals surface area contributed by atoms with E-state index in [0.717, 1.165) is 52.0 Å². The van der Waals surface area contributed by atoms with Gasteiger partial charge in [-0.1, -0.05) is 25.0 Å². The molecular formula is C26H29N2+. The van der Waals surface area contributed by atoms with Crippen LogP contribution in [-0.4, -0.2) is 4.98 Å². The molecular weight excluding hydrogens is 340 g/mol. The van der Waals surface area contributed by atoms with Crippen LogP contribution in [0.15, 0.2) is 36.5 Å². The van der Waals surface area contributed by atoms with Crippen molar-refractivity contribution in [2.24, 2.45) is 7.05 Å². The molecule has 0 N–H and O–H groups in total. The van der Waals surface area contributed by atoms with Crippen LogP contribution in [0.5, 0.6) is 0 Å². The Hall–Kier alpha value is -2.48. The highest BCUT2D eigenvalue weighted by Gasteiger charge is 2.27. The Morgan fingerprint density at radius 1 is 1.07 bits per heavy atom. The molecule has 1 saturated carbocycles. The fourth-order valence-corrected chi connectivity index (χ4v) is 4.84. The molecule has 0 saturated heterocycles. The molecule has 0 radical (unpaired) electrons. The van der Waals surface area contributed by atoms with E-state index in [4.69, 9.17) is 9.60 Å². The first-order valence-electron chi connectivity index (χ1n) is 13.5. The molecule has 0 unspecified atom stereocenters. The van der Waals surface area contributed by atoms with Gasteiger partial charge in [-0.25, -0.2) is 4.57 Å². The van der Waals surface area contributed by atoms with Gasteiger partial charge in [0, 0.05) is 44.5 Å². The van der Waals surface area contributed by atoms with Gasteiger partial charge in [-0.3, -0.25) is 4.98 Å². The van der Waals surface area contributed by atoms with Crippen molar-refractivity contribution < 1.29 is 14.2 Å². The lowest BCUT2D eigenvalue weighted by Gasteiger charge is -2.15.